The van der Waals surface area contributed by atoms with E-state index in [0.717, 1.165) is 12.8 Å². The van der Waals surface area contributed by atoms with Crippen molar-refractivity contribution in [3.05, 3.63) is 59.7 Å². The number of hydrogen-bond donors (Lipinski definition) is 2. The summed E-state index contributed by atoms with van der Waals surface area (Å²) < 4.78 is 33.0. The van der Waals surface area contributed by atoms with Crippen LogP contribution in [0.1, 0.15) is 28.8 Å². The number of nitrogens with one attached hydrogen (secondary N) is 2. The van der Waals surface area contributed by atoms with Crippen molar-refractivity contribution in [1.82, 2.24) is 10.2 Å². The van der Waals surface area contributed by atoms with Gasteiger partial charge < -0.3 is 15.0 Å². The van der Waals surface area contributed by atoms with Gasteiger partial charge in [-0.1, -0.05) is 24.3 Å². The molecule has 1 aliphatic rings. The summed E-state index contributed by atoms with van der Waals surface area (Å²) in [6.45, 7) is 3.48. The molecule has 0 bridgehead atoms. The Bertz CT molecular complexity index is 1070. The third kappa shape index (κ3) is 5.86. The number of carbonyl (C=O) groups is 2. The smallest absolute Gasteiger partial charge is 0.262 e. The zero-order valence-electron chi connectivity index (χ0n) is 18.3. The lowest BCUT2D eigenvalue weighted by Gasteiger charge is -2.32. The van der Waals surface area contributed by atoms with E-state index in [1.54, 1.807) is 55.3 Å². The molecule has 9 heteroatoms. The summed E-state index contributed by atoms with van der Waals surface area (Å²) in [7, 11) is -2.21. The van der Waals surface area contributed by atoms with Crippen molar-refractivity contribution in [3.63, 3.8) is 0 Å². The lowest BCUT2D eigenvalue weighted by molar-refractivity contribution is -0.126. The van der Waals surface area contributed by atoms with Gasteiger partial charge in [0, 0.05) is 38.0 Å². The molecule has 1 fully saturated rings. The van der Waals surface area contributed by atoms with E-state index in [4.69, 9.17) is 4.74 Å². The third-order valence-electron chi connectivity index (χ3n) is 5.43. The molecule has 0 unspecified atom stereocenters. The van der Waals surface area contributed by atoms with Gasteiger partial charge in [-0.15, -0.1) is 0 Å². The molecule has 0 spiro atoms. The third-order valence-corrected chi connectivity index (χ3v) is 6.97. The molecule has 1 atom stereocenters. The summed E-state index contributed by atoms with van der Waals surface area (Å²) in [5, 5.41) is 2.83. The van der Waals surface area contributed by atoms with Crippen molar-refractivity contribution in [3.8, 4) is 0 Å². The van der Waals surface area contributed by atoms with Crippen LogP contribution in [0.15, 0.2) is 53.4 Å². The second-order valence-corrected chi connectivity index (χ2v) is 9.48. The summed E-state index contributed by atoms with van der Waals surface area (Å²) in [5.41, 5.74) is 1.32. The molecular weight excluding hydrogens is 430 g/mol. The summed E-state index contributed by atoms with van der Waals surface area (Å²) in [4.78, 5) is 27.3. The SMILES string of the molecule is COCCNC(=O)[C@@H]1CCCN(C(=O)c2cccc(NS(=O)(=O)c3ccccc3C)c2)C1. The lowest BCUT2D eigenvalue weighted by atomic mass is 9.96. The predicted octanol–water partition coefficient (Wildman–Crippen LogP) is 2.41. The monoisotopic (exact) mass is 459 g/mol. The number of benzene rings is 2. The standard InChI is InChI=1S/C23H29N3O5S/c1-17-7-3-4-11-21(17)32(29,30)25-20-10-5-8-18(15-20)23(28)26-13-6-9-19(16-26)22(27)24-12-14-31-2/h3-5,7-8,10-11,15,19,25H,6,9,12-14,16H2,1-2H3,(H,24,27)/t19-/m1/s1. The van der Waals surface area contributed by atoms with Crippen LogP contribution in [0.4, 0.5) is 5.69 Å². The number of aryl methyl sites for hydroxylation is 1. The fourth-order valence-electron chi connectivity index (χ4n) is 3.76. The van der Waals surface area contributed by atoms with Gasteiger partial charge in [0.25, 0.3) is 15.9 Å². The lowest BCUT2D eigenvalue weighted by Crippen LogP contribution is -2.45. The van der Waals surface area contributed by atoms with E-state index in [-0.39, 0.29) is 22.6 Å². The second-order valence-electron chi connectivity index (χ2n) is 7.83. The molecule has 32 heavy (non-hydrogen) atoms. The maximum atomic E-state index is 13.1. The normalized spacial score (nSPS) is 16.4. The Morgan fingerprint density at radius 2 is 1.94 bits per heavy atom. The van der Waals surface area contributed by atoms with E-state index < -0.39 is 10.0 Å². The number of methoxy groups -OCH3 is 1. The molecule has 0 aromatic heterocycles. The fraction of sp³-hybridized carbons (Fsp3) is 0.391. The number of carbonyl (C=O) groups excluding carboxylic acids is 2. The van der Waals surface area contributed by atoms with E-state index in [1.807, 2.05) is 0 Å². The zero-order valence-corrected chi connectivity index (χ0v) is 19.2. The molecule has 1 saturated heterocycles. The number of amides is 2. The van der Waals surface area contributed by atoms with Gasteiger partial charge >= 0.3 is 0 Å². The Kier molecular flexibility index (Phi) is 7.87. The number of anilines is 1. The van der Waals surface area contributed by atoms with Crippen molar-refractivity contribution < 1.29 is 22.7 Å². The van der Waals surface area contributed by atoms with E-state index in [1.165, 1.54) is 12.1 Å². The molecule has 2 aromatic carbocycles. The number of likely N-dealkylation sites (tertiary alicyclic amines) is 1. The number of nitrogens with zero attached hydrogens (tertiary/aromatic N) is 1. The van der Waals surface area contributed by atoms with Gasteiger partial charge in [-0.05, 0) is 49.6 Å². The largest absolute Gasteiger partial charge is 0.383 e. The molecule has 1 heterocycles. The Morgan fingerprint density at radius 3 is 2.69 bits per heavy atom. The number of rotatable bonds is 8. The molecule has 0 aliphatic carbocycles. The first kappa shape index (κ1) is 23.7. The summed E-state index contributed by atoms with van der Waals surface area (Å²) in [6, 6.07) is 13.1. The van der Waals surface area contributed by atoms with Crippen LogP contribution >= 0.6 is 0 Å². The molecule has 8 nitrogen and oxygen atoms in total. The molecule has 2 amide bonds. The van der Waals surface area contributed by atoms with Crippen molar-refractivity contribution in [2.24, 2.45) is 5.92 Å². The summed E-state index contributed by atoms with van der Waals surface area (Å²) >= 11 is 0. The minimum Gasteiger partial charge on any atom is -0.383 e. The average molecular weight is 460 g/mol. The van der Waals surface area contributed by atoms with Crippen molar-refractivity contribution in [2.75, 3.05) is 38.1 Å². The van der Waals surface area contributed by atoms with Gasteiger partial charge in [-0.3, -0.25) is 14.3 Å². The predicted molar refractivity (Wildman–Crippen MR) is 122 cm³/mol. The molecule has 1 aliphatic heterocycles. The van der Waals surface area contributed by atoms with Crippen molar-refractivity contribution in [1.29, 1.82) is 0 Å². The molecule has 172 valence electrons. The zero-order chi connectivity index (χ0) is 23.1. The maximum absolute atomic E-state index is 13.1. The highest BCUT2D eigenvalue weighted by molar-refractivity contribution is 7.92. The van der Waals surface area contributed by atoms with Gasteiger partial charge in [0.1, 0.15) is 0 Å². The Labute approximate surface area is 189 Å². The highest BCUT2D eigenvalue weighted by Crippen LogP contribution is 2.22. The van der Waals surface area contributed by atoms with Crippen LogP contribution in [0.3, 0.4) is 0 Å². The van der Waals surface area contributed by atoms with Crippen molar-refractivity contribution in [2.45, 2.75) is 24.7 Å². The van der Waals surface area contributed by atoms with Gasteiger partial charge in [0.15, 0.2) is 0 Å². The first-order valence-corrected chi connectivity index (χ1v) is 12.0. The second kappa shape index (κ2) is 10.6. The average Bonchev–Trinajstić information content (AvgIpc) is 2.79. The first-order chi connectivity index (χ1) is 15.3. The topological polar surface area (TPSA) is 105 Å². The highest BCUT2D eigenvalue weighted by atomic mass is 32.2. The van der Waals surface area contributed by atoms with Crippen LogP contribution in [0.2, 0.25) is 0 Å². The molecule has 0 radical (unpaired) electrons. The number of sulfonamides is 1. The minimum absolute atomic E-state index is 0.0840. The van der Waals surface area contributed by atoms with Crippen LogP contribution in [0.25, 0.3) is 0 Å². The van der Waals surface area contributed by atoms with Crippen LogP contribution in [0.5, 0.6) is 0 Å². The Balaban J connectivity index is 1.70. The molecular formula is C23H29N3O5S. The van der Waals surface area contributed by atoms with Gasteiger partial charge in [-0.25, -0.2) is 8.42 Å². The van der Waals surface area contributed by atoms with Gasteiger partial charge in [-0.2, -0.15) is 0 Å². The minimum atomic E-state index is -3.78. The summed E-state index contributed by atoms with van der Waals surface area (Å²) in [5.74, 6) is -0.581. The molecule has 2 N–H and O–H groups in total. The number of ether oxygens (including phenoxy) is 1. The Hall–Kier alpha value is -2.91. The van der Waals surface area contributed by atoms with E-state index in [9.17, 15) is 18.0 Å². The van der Waals surface area contributed by atoms with E-state index >= 15 is 0 Å². The van der Waals surface area contributed by atoms with E-state index in [2.05, 4.69) is 10.0 Å². The fourth-order valence-corrected chi connectivity index (χ4v) is 5.06. The first-order valence-electron chi connectivity index (χ1n) is 10.6. The highest BCUT2D eigenvalue weighted by Gasteiger charge is 2.29. The van der Waals surface area contributed by atoms with Gasteiger partial charge in [0.2, 0.25) is 5.91 Å². The molecule has 3 rings (SSSR count). The quantitative estimate of drug-likeness (QED) is 0.590. The number of piperidine rings is 1. The van der Waals surface area contributed by atoms with Crippen LogP contribution in [-0.4, -0.2) is 58.5 Å². The van der Waals surface area contributed by atoms with Crippen LogP contribution in [-0.2, 0) is 19.6 Å². The van der Waals surface area contributed by atoms with Crippen molar-refractivity contribution >= 4 is 27.5 Å². The number of hydrogen-bond acceptors (Lipinski definition) is 5. The maximum Gasteiger partial charge on any atom is 0.262 e. The van der Waals surface area contributed by atoms with Crippen LogP contribution in [0, 0.1) is 12.8 Å². The van der Waals surface area contributed by atoms with Gasteiger partial charge in [0.05, 0.1) is 17.4 Å². The van der Waals surface area contributed by atoms with Crippen LogP contribution < -0.4 is 10.0 Å². The Morgan fingerprint density at radius 1 is 1.16 bits per heavy atom. The summed E-state index contributed by atoms with van der Waals surface area (Å²) in [6.07, 6.45) is 1.45. The molecule has 2 aromatic rings. The van der Waals surface area contributed by atoms with E-state index in [0.29, 0.717) is 43.1 Å². The molecule has 0 saturated carbocycles.